The summed E-state index contributed by atoms with van der Waals surface area (Å²) in [6.45, 7) is 2.80. The Labute approximate surface area is 95.4 Å². The van der Waals surface area contributed by atoms with Gasteiger partial charge in [0.15, 0.2) is 0 Å². The molecule has 2 N–H and O–H groups in total. The lowest BCUT2D eigenvalue weighted by Gasteiger charge is -2.21. The van der Waals surface area contributed by atoms with Crippen LogP contribution in [0, 0.1) is 0 Å². The number of fused-ring (bicyclic) bond motifs is 1. The van der Waals surface area contributed by atoms with Gasteiger partial charge in [0.25, 0.3) is 0 Å². The van der Waals surface area contributed by atoms with Crippen LogP contribution in [-0.2, 0) is 12.8 Å². The third-order valence-corrected chi connectivity index (χ3v) is 2.80. The van der Waals surface area contributed by atoms with E-state index in [9.17, 15) is 0 Å². The fourth-order valence-electron chi connectivity index (χ4n) is 2.02. The number of ether oxygens (including phenoxy) is 1. The largest absolute Gasteiger partial charge is 0.493 e. The van der Waals surface area contributed by atoms with Gasteiger partial charge in [-0.2, -0.15) is 0 Å². The van der Waals surface area contributed by atoms with Crippen LogP contribution in [0.15, 0.2) is 12.1 Å². The number of rotatable bonds is 2. The van der Waals surface area contributed by atoms with E-state index in [0.717, 1.165) is 42.2 Å². The molecule has 1 aliphatic rings. The number of nitrogens with two attached hydrogens (primary N) is 1. The van der Waals surface area contributed by atoms with Crippen molar-refractivity contribution in [2.24, 2.45) is 5.73 Å². The van der Waals surface area contributed by atoms with Crippen LogP contribution < -0.4 is 10.5 Å². The van der Waals surface area contributed by atoms with Crippen molar-refractivity contribution in [3.05, 3.63) is 28.3 Å². The lowest BCUT2D eigenvalue weighted by atomic mass is 9.99. The quantitative estimate of drug-likeness (QED) is 0.840. The predicted molar refractivity (Wildman–Crippen MR) is 62.6 cm³/mol. The molecule has 1 unspecified atom stereocenters. The smallest absolute Gasteiger partial charge is 0.125 e. The maximum absolute atomic E-state index is 6.07. The molecular formula is C12H16ClNO. The minimum Gasteiger partial charge on any atom is -0.493 e. The maximum Gasteiger partial charge on any atom is 0.125 e. The zero-order valence-corrected chi connectivity index (χ0v) is 9.68. The number of aryl methyl sites for hydroxylation is 1. The molecule has 15 heavy (non-hydrogen) atoms. The van der Waals surface area contributed by atoms with E-state index in [-0.39, 0.29) is 6.04 Å². The summed E-state index contributed by atoms with van der Waals surface area (Å²) in [5.74, 6) is 1.02. The van der Waals surface area contributed by atoms with E-state index in [1.54, 1.807) is 0 Å². The van der Waals surface area contributed by atoms with Crippen LogP contribution in [0.5, 0.6) is 5.75 Å². The second-order valence-corrected chi connectivity index (χ2v) is 4.62. The molecule has 0 aliphatic carbocycles. The number of hydrogen-bond donors (Lipinski definition) is 1. The minimum atomic E-state index is 0.137. The Kier molecular flexibility index (Phi) is 3.17. The van der Waals surface area contributed by atoms with Crippen molar-refractivity contribution >= 4 is 11.6 Å². The Morgan fingerprint density at radius 2 is 2.33 bits per heavy atom. The van der Waals surface area contributed by atoms with Crippen molar-refractivity contribution < 1.29 is 4.74 Å². The topological polar surface area (TPSA) is 35.2 Å². The van der Waals surface area contributed by atoms with Gasteiger partial charge in [-0.05, 0) is 49.4 Å². The Morgan fingerprint density at radius 3 is 3.07 bits per heavy atom. The summed E-state index contributed by atoms with van der Waals surface area (Å²) < 4.78 is 5.70. The third-order valence-electron chi connectivity index (χ3n) is 2.59. The van der Waals surface area contributed by atoms with E-state index < -0.39 is 0 Å². The molecule has 1 heterocycles. The Balaban J connectivity index is 2.38. The van der Waals surface area contributed by atoms with Gasteiger partial charge in [0.2, 0.25) is 0 Å². The average Bonchev–Trinajstić information content (AvgIpc) is 2.16. The second-order valence-electron chi connectivity index (χ2n) is 4.19. The molecule has 1 aromatic rings. The van der Waals surface area contributed by atoms with Gasteiger partial charge in [-0.15, -0.1) is 0 Å². The fourth-order valence-corrected chi connectivity index (χ4v) is 2.28. The summed E-state index contributed by atoms with van der Waals surface area (Å²) in [5.41, 5.74) is 8.18. The van der Waals surface area contributed by atoms with Crippen molar-refractivity contribution in [1.29, 1.82) is 0 Å². The molecule has 1 aromatic carbocycles. The SMILES string of the molecule is CC(N)Cc1cc(Cl)cc2c1OCCC2. The van der Waals surface area contributed by atoms with Gasteiger partial charge in [-0.3, -0.25) is 0 Å². The Bertz CT molecular complexity index is 363. The number of benzene rings is 1. The molecule has 0 fully saturated rings. The van der Waals surface area contributed by atoms with Crippen molar-refractivity contribution in [3.63, 3.8) is 0 Å². The molecule has 0 aromatic heterocycles. The number of halogens is 1. The van der Waals surface area contributed by atoms with E-state index in [1.165, 1.54) is 5.56 Å². The summed E-state index contributed by atoms with van der Waals surface area (Å²) in [4.78, 5) is 0. The van der Waals surface area contributed by atoms with Crippen LogP contribution in [0.3, 0.4) is 0 Å². The lowest BCUT2D eigenvalue weighted by Crippen LogP contribution is -2.20. The van der Waals surface area contributed by atoms with E-state index in [1.807, 2.05) is 19.1 Å². The Morgan fingerprint density at radius 1 is 1.53 bits per heavy atom. The van der Waals surface area contributed by atoms with Gasteiger partial charge < -0.3 is 10.5 Å². The van der Waals surface area contributed by atoms with Crippen LogP contribution >= 0.6 is 11.6 Å². The second kappa shape index (κ2) is 4.42. The van der Waals surface area contributed by atoms with E-state index in [4.69, 9.17) is 22.1 Å². The molecule has 82 valence electrons. The molecule has 1 atom stereocenters. The summed E-state index contributed by atoms with van der Waals surface area (Å²) >= 11 is 6.07. The standard InChI is InChI=1S/C12H16ClNO/c1-8(14)5-10-7-11(13)6-9-3-2-4-15-12(9)10/h6-8H,2-5,14H2,1H3. The molecule has 0 saturated heterocycles. The molecule has 3 heteroatoms. The molecule has 2 rings (SSSR count). The maximum atomic E-state index is 6.07. The monoisotopic (exact) mass is 225 g/mol. The van der Waals surface area contributed by atoms with Crippen LogP contribution in [0.4, 0.5) is 0 Å². The number of hydrogen-bond acceptors (Lipinski definition) is 2. The molecular weight excluding hydrogens is 210 g/mol. The zero-order chi connectivity index (χ0) is 10.8. The van der Waals surface area contributed by atoms with Crippen LogP contribution in [-0.4, -0.2) is 12.6 Å². The van der Waals surface area contributed by atoms with Crippen molar-refractivity contribution in [1.82, 2.24) is 0 Å². The highest BCUT2D eigenvalue weighted by Gasteiger charge is 2.16. The summed E-state index contributed by atoms with van der Waals surface area (Å²) in [5, 5.41) is 0.787. The average molecular weight is 226 g/mol. The molecule has 0 amide bonds. The first-order chi connectivity index (χ1) is 7.16. The van der Waals surface area contributed by atoms with Crippen molar-refractivity contribution in [2.75, 3.05) is 6.61 Å². The van der Waals surface area contributed by atoms with Gasteiger partial charge in [0, 0.05) is 11.1 Å². The van der Waals surface area contributed by atoms with Crippen molar-refractivity contribution in [3.8, 4) is 5.75 Å². The first-order valence-corrected chi connectivity index (χ1v) is 5.74. The molecule has 1 aliphatic heterocycles. The van der Waals surface area contributed by atoms with E-state index in [0.29, 0.717) is 0 Å². The molecule has 0 bridgehead atoms. The van der Waals surface area contributed by atoms with Gasteiger partial charge >= 0.3 is 0 Å². The highest BCUT2D eigenvalue weighted by Crippen LogP contribution is 2.32. The van der Waals surface area contributed by atoms with E-state index in [2.05, 4.69) is 0 Å². The summed E-state index contributed by atoms with van der Waals surface area (Å²) in [7, 11) is 0. The van der Waals surface area contributed by atoms with Crippen LogP contribution in [0.2, 0.25) is 5.02 Å². The third kappa shape index (κ3) is 2.44. The molecule has 2 nitrogen and oxygen atoms in total. The predicted octanol–water partition coefficient (Wildman–Crippen LogP) is 2.55. The molecule has 0 saturated carbocycles. The fraction of sp³-hybridized carbons (Fsp3) is 0.500. The summed E-state index contributed by atoms with van der Waals surface area (Å²) in [6, 6.07) is 4.11. The minimum absolute atomic E-state index is 0.137. The zero-order valence-electron chi connectivity index (χ0n) is 8.92. The van der Waals surface area contributed by atoms with Crippen LogP contribution in [0.1, 0.15) is 24.5 Å². The van der Waals surface area contributed by atoms with E-state index >= 15 is 0 Å². The van der Waals surface area contributed by atoms with Gasteiger partial charge in [-0.25, -0.2) is 0 Å². The van der Waals surface area contributed by atoms with Crippen LogP contribution in [0.25, 0.3) is 0 Å². The molecule has 0 spiro atoms. The van der Waals surface area contributed by atoms with Gasteiger partial charge in [-0.1, -0.05) is 11.6 Å². The van der Waals surface area contributed by atoms with Gasteiger partial charge in [0.05, 0.1) is 6.61 Å². The van der Waals surface area contributed by atoms with Crippen molar-refractivity contribution in [2.45, 2.75) is 32.2 Å². The van der Waals surface area contributed by atoms with Gasteiger partial charge in [0.1, 0.15) is 5.75 Å². The molecule has 0 radical (unpaired) electrons. The normalized spacial score (nSPS) is 16.7. The summed E-state index contributed by atoms with van der Waals surface area (Å²) in [6.07, 6.45) is 2.95. The lowest BCUT2D eigenvalue weighted by molar-refractivity contribution is 0.284. The first kappa shape index (κ1) is 10.8. The first-order valence-electron chi connectivity index (χ1n) is 5.36. The highest BCUT2D eigenvalue weighted by atomic mass is 35.5. The Hall–Kier alpha value is -0.730. The highest BCUT2D eigenvalue weighted by molar-refractivity contribution is 6.30.